The van der Waals surface area contributed by atoms with Crippen LogP contribution in [0.15, 0.2) is 5.16 Å². The second-order valence-electron chi connectivity index (χ2n) is 7.50. The Bertz CT molecular complexity index is 550. The zero-order valence-corrected chi connectivity index (χ0v) is 15.9. The molecule has 0 unspecified atom stereocenters. The first-order valence-corrected chi connectivity index (χ1v) is 10.8. The number of nitrogens with two attached hydrogens (primary N) is 1. The van der Waals surface area contributed by atoms with E-state index in [2.05, 4.69) is 15.5 Å². The fourth-order valence-corrected chi connectivity index (χ4v) is 4.72. The van der Waals surface area contributed by atoms with Gasteiger partial charge in [-0.05, 0) is 25.2 Å². The fraction of sp³-hybridized carbons (Fsp3) is 0.833. The van der Waals surface area contributed by atoms with Crippen molar-refractivity contribution < 1.29 is 4.79 Å². The summed E-state index contributed by atoms with van der Waals surface area (Å²) in [6, 6.07) is 0.351. The van der Waals surface area contributed by atoms with E-state index in [0.717, 1.165) is 37.4 Å². The molecule has 3 N–H and O–H groups in total. The molecule has 0 saturated heterocycles. The van der Waals surface area contributed by atoms with Gasteiger partial charge in [-0.25, -0.2) is 4.68 Å². The number of nitrogen functional groups attached to an aromatic ring is 1. The normalized spacial score (nSPS) is 19.8. The lowest BCUT2D eigenvalue weighted by Gasteiger charge is -2.22. The van der Waals surface area contributed by atoms with Crippen LogP contribution in [-0.2, 0) is 11.2 Å². The Morgan fingerprint density at radius 2 is 1.76 bits per heavy atom. The number of thioether (sulfide) groups is 1. The molecule has 2 aliphatic carbocycles. The van der Waals surface area contributed by atoms with E-state index in [9.17, 15) is 4.79 Å². The Morgan fingerprint density at radius 1 is 1.08 bits per heavy atom. The van der Waals surface area contributed by atoms with Gasteiger partial charge < -0.3 is 11.2 Å². The van der Waals surface area contributed by atoms with Gasteiger partial charge in [0.2, 0.25) is 11.1 Å². The minimum Gasteiger partial charge on any atom is -0.353 e. The van der Waals surface area contributed by atoms with Crippen molar-refractivity contribution in [3.63, 3.8) is 0 Å². The molecule has 1 aromatic rings. The average Bonchev–Trinajstić information content (AvgIpc) is 3.00. The van der Waals surface area contributed by atoms with Gasteiger partial charge in [0.25, 0.3) is 0 Å². The number of aromatic nitrogens is 3. The molecule has 0 spiro atoms. The second kappa shape index (κ2) is 9.46. The van der Waals surface area contributed by atoms with Crippen LogP contribution in [-0.4, -0.2) is 32.6 Å². The third-order valence-corrected chi connectivity index (χ3v) is 6.48. The fourth-order valence-electron chi connectivity index (χ4n) is 4.03. The summed E-state index contributed by atoms with van der Waals surface area (Å²) < 4.78 is 1.57. The molecule has 2 fully saturated rings. The van der Waals surface area contributed by atoms with Crippen LogP contribution in [0.25, 0.3) is 0 Å². The van der Waals surface area contributed by atoms with E-state index in [4.69, 9.17) is 5.84 Å². The summed E-state index contributed by atoms with van der Waals surface area (Å²) in [5, 5.41) is 12.2. The largest absolute Gasteiger partial charge is 0.353 e. The molecule has 140 valence electrons. The molecule has 0 radical (unpaired) electrons. The molecule has 0 aliphatic heterocycles. The van der Waals surface area contributed by atoms with Gasteiger partial charge in [0.15, 0.2) is 5.82 Å². The summed E-state index contributed by atoms with van der Waals surface area (Å²) in [6.07, 6.45) is 14.7. The molecule has 25 heavy (non-hydrogen) atoms. The van der Waals surface area contributed by atoms with Crippen molar-refractivity contribution >= 4 is 17.7 Å². The Hall–Kier alpha value is -1.24. The van der Waals surface area contributed by atoms with Crippen LogP contribution in [0.3, 0.4) is 0 Å². The molecular formula is C18H31N5OS. The summed E-state index contributed by atoms with van der Waals surface area (Å²) in [6.45, 7) is 0. The van der Waals surface area contributed by atoms with Crippen LogP contribution >= 0.6 is 11.8 Å². The summed E-state index contributed by atoms with van der Waals surface area (Å²) in [7, 11) is 0. The predicted molar refractivity (Wildman–Crippen MR) is 101 cm³/mol. The van der Waals surface area contributed by atoms with Crippen molar-refractivity contribution in [2.45, 2.75) is 88.2 Å². The Labute approximate surface area is 154 Å². The molecule has 7 heteroatoms. The number of rotatable bonds is 7. The standard InChI is InChI=1S/C18H31N5OS/c19-23-16(12-11-14-7-3-1-4-8-14)21-22-18(23)25-13-17(24)20-15-9-5-2-6-10-15/h14-15H,1-13,19H2,(H,20,24). The number of hydrogen-bond donors (Lipinski definition) is 2. The maximum Gasteiger partial charge on any atom is 0.230 e. The van der Waals surface area contributed by atoms with E-state index in [-0.39, 0.29) is 5.91 Å². The van der Waals surface area contributed by atoms with Gasteiger partial charge in [-0.1, -0.05) is 63.1 Å². The lowest BCUT2D eigenvalue weighted by atomic mass is 9.86. The Balaban J connectivity index is 1.41. The highest BCUT2D eigenvalue weighted by Crippen LogP contribution is 2.27. The summed E-state index contributed by atoms with van der Waals surface area (Å²) in [5.41, 5.74) is 0. The molecule has 0 aromatic carbocycles. The van der Waals surface area contributed by atoms with Crippen LogP contribution in [0.4, 0.5) is 0 Å². The monoisotopic (exact) mass is 365 g/mol. The van der Waals surface area contributed by atoms with Crippen molar-refractivity contribution in [2.75, 3.05) is 11.6 Å². The van der Waals surface area contributed by atoms with Gasteiger partial charge in [0.05, 0.1) is 5.75 Å². The maximum absolute atomic E-state index is 12.1. The quantitative estimate of drug-likeness (QED) is 0.573. The minimum absolute atomic E-state index is 0.0728. The third-order valence-electron chi connectivity index (χ3n) is 5.54. The molecule has 3 rings (SSSR count). The molecular weight excluding hydrogens is 334 g/mol. The van der Waals surface area contributed by atoms with Gasteiger partial charge in [0.1, 0.15) is 0 Å². The molecule has 6 nitrogen and oxygen atoms in total. The van der Waals surface area contributed by atoms with Crippen molar-refractivity contribution in [1.29, 1.82) is 0 Å². The topological polar surface area (TPSA) is 85.8 Å². The number of amides is 1. The zero-order valence-electron chi connectivity index (χ0n) is 15.1. The predicted octanol–water partition coefficient (Wildman–Crippen LogP) is 3.05. The highest BCUT2D eigenvalue weighted by atomic mass is 32.2. The first-order valence-electron chi connectivity index (χ1n) is 9.84. The van der Waals surface area contributed by atoms with Crippen molar-refractivity contribution in [2.24, 2.45) is 5.92 Å². The van der Waals surface area contributed by atoms with Crippen LogP contribution in [0.2, 0.25) is 0 Å². The average molecular weight is 366 g/mol. The zero-order chi connectivity index (χ0) is 17.5. The first kappa shape index (κ1) is 18.5. The molecule has 1 heterocycles. The van der Waals surface area contributed by atoms with Gasteiger partial charge in [-0.2, -0.15) is 0 Å². The van der Waals surface area contributed by atoms with E-state index in [1.54, 1.807) is 4.68 Å². The molecule has 2 aliphatic rings. The van der Waals surface area contributed by atoms with Gasteiger partial charge in [-0.3, -0.25) is 4.79 Å². The van der Waals surface area contributed by atoms with Crippen LogP contribution in [0, 0.1) is 5.92 Å². The number of carbonyl (C=O) groups is 1. The smallest absolute Gasteiger partial charge is 0.230 e. The lowest BCUT2D eigenvalue weighted by molar-refractivity contribution is -0.119. The number of nitrogens with zero attached hydrogens (tertiary/aromatic N) is 3. The maximum atomic E-state index is 12.1. The number of aryl methyl sites for hydroxylation is 1. The molecule has 0 atom stereocenters. The lowest BCUT2D eigenvalue weighted by Crippen LogP contribution is -2.37. The van der Waals surface area contributed by atoms with Crippen LogP contribution < -0.4 is 11.2 Å². The van der Waals surface area contributed by atoms with E-state index < -0.39 is 0 Å². The molecule has 1 aromatic heterocycles. The Morgan fingerprint density at radius 3 is 2.48 bits per heavy atom. The third kappa shape index (κ3) is 5.62. The molecule has 1 amide bonds. The van der Waals surface area contributed by atoms with Crippen LogP contribution in [0.5, 0.6) is 0 Å². The van der Waals surface area contributed by atoms with E-state index in [0.29, 0.717) is 17.0 Å². The van der Waals surface area contributed by atoms with Crippen LogP contribution in [0.1, 0.15) is 76.5 Å². The highest BCUT2D eigenvalue weighted by molar-refractivity contribution is 7.99. The number of nitrogens with one attached hydrogen (secondary N) is 1. The summed E-state index contributed by atoms with van der Waals surface area (Å²) in [5.74, 6) is 8.20. The van der Waals surface area contributed by atoms with Crippen molar-refractivity contribution in [3.05, 3.63) is 5.82 Å². The van der Waals surface area contributed by atoms with Crippen molar-refractivity contribution in [3.8, 4) is 0 Å². The van der Waals surface area contributed by atoms with E-state index in [1.165, 1.54) is 63.1 Å². The second-order valence-corrected chi connectivity index (χ2v) is 8.45. The van der Waals surface area contributed by atoms with Gasteiger partial charge in [0, 0.05) is 12.5 Å². The van der Waals surface area contributed by atoms with Gasteiger partial charge in [-0.15, -0.1) is 10.2 Å². The number of carbonyl (C=O) groups excluding carboxylic acids is 1. The SMILES string of the molecule is Nn1c(CCC2CCCCC2)nnc1SCC(=O)NC1CCCCC1. The van der Waals surface area contributed by atoms with Crippen molar-refractivity contribution in [1.82, 2.24) is 20.2 Å². The molecule has 0 bridgehead atoms. The van der Waals surface area contributed by atoms with Gasteiger partial charge >= 0.3 is 0 Å². The summed E-state index contributed by atoms with van der Waals surface area (Å²) in [4.78, 5) is 12.1. The first-order chi connectivity index (χ1) is 12.2. The highest BCUT2D eigenvalue weighted by Gasteiger charge is 2.18. The molecule has 2 saturated carbocycles. The van der Waals surface area contributed by atoms with E-state index >= 15 is 0 Å². The minimum atomic E-state index is 0.0728. The Kier molecular flexibility index (Phi) is 7.02. The van der Waals surface area contributed by atoms with E-state index in [1.807, 2.05) is 0 Å². The summed E-state index contributed by atoms with van der Waals surface area (Å²) >= 11 is 1.38. The number of hydrogen-bond acceptors (Lipinski definition) is 5.